The van der Waals surface area contributed by atoms with Crippen molar-refractivity contribution in [1.29, 1.82) is 0 Å². The first-order valence-corrected chi connectivity index (χ1v) is 3.69. The molecule has 0 bridgehead atoms. The molecule has 2 aromatic heterocycles. The van der Waals surface area contributed by atoms with Gasteiger partial charge in [0.2, 0.25) is 0 Å². The maximum atomic E-state index is 10.9. The fraction of sp³-hybridized carbons (Fsp3) is 0.143. The number of hydrogen-bond donors (Lipinski definition) is 2. The lowest BCUT2D eigenvalue weighted by Crippen LogP contribution is -2.08. The zero-order valence-corrected chi connectivity index (χ0v) is 6.90. The van der Waals surface area contributed by atoms with Crippen molar-refractivity contribution in [3.8, 4) is 0 Å². The topological polar surface area (TPSA) is 83.6 Å². The molecule has 0 amide bonds. The molecule has 0 radical (unpaired) electrons. The third-order valence-electron chi connectivity index (χ3n) is 1.61. The van der Waals surface area contributed by atoms with Gasteiger partial charge in [0, 0.05) is 7.05 Å². The predicted molar refractivity (Wildman–Crippen MR) is 47.5 cm³/mol. The Labute approximate surface area is 73.1 Å². The minimum Gasteiger partial charge on any atom is -0.371 e. The Kier molecular flexibility index (Phi) is 1.66. The molecule has 66 valence electrons. The van der Waals surface area contributed by atoms with Crippen molar-refractivity contribution < 1.29 is 0 Å². The summed E-state index contributed by atoms with van der Waals surface area (Å²) in [5.74, 6) is 0.598. The Hall–Kier alpha value is -1.98. The van der Waals surface area contributed by atoms with Crippen molar-refractivity contribution in [3.05, 3.63) is 22.9 Å². The second-order valence-electron chi connectivity index (χ2n) is 2.42. The smallest absolute Gasteiger partial charge is 0.268 e. The Bertz CT molecular complexity index is 491. The van der Waals surface area contributed by atoms with Crippen LogP contribution < -0.4 is 10.9 Å². The molecule has 0 aliphatic carbocycles. The van der Waals surface area contributed by atoms with E-state index >= 15 is 0 Å². The standard InChI is InChI=1S/C7H7N5O/c1-8-6-5-7(11-3-10-6)12-4(13)2-9-5/h2-3H,1H3,(H2,8,10,11,12,13). The molecule has 2 rings (SSSR count). The van der Waals surface area contributed by atoms with Gasteiger partial charge in [-0.05, 0) is 0 Å². The lowest BCUT2D eigenvalue weighted by Gasteiger charge is -2.00. The summed E-state index contributed by atoms with van der Waals surface area (Å²) in [5, 5.41) is 2.85. The van der Waals surface area contributed by atoms with Crippen LogP contribution in [0.3, 0.4) is 0 Å². The summed E-state index contributed by atoms with van der Waals surface area (Å²) < 4.78 is 0. The van der Waals surface area contributed by atoms with Crippen molar-refractivity contribution in [2.24, 2.45) is 0 Å². The third-order valence-corrected chi connectivity index (χ3v) is 1.61. The molecule has 2 aromatic rings. The van der Waals surface area contributed by atoms with Crippen molar-refractivity contribution in [2.75, 3.05) is 12.4 Å². The van der Waals surface area contributed by atoms with Gasteiger partial charge in [0.1, 0.15) is 11.8 Å². The van der Waals surface area contributed by atoms with Crippen molar-refractivity contribution in [3.63, 3.8) is 0 Å². The van der Waals surface area contributed by atoms with Crippen LogP contribution in [-0.4, -0.2) is 27.0 Å². The van der Waals surface area contributed by atoms with E-state index in [1.807, 2.05) is 0 Å². The van der Waals surface area contributed by atoms with Gasteiger partial charge in [0.05, 0.1) is 6.20 Å². The Morgan fingerprint density at radius 2 is 2.23 bits per heavy atom. The highest BCUT2D eigenvalue weighted by atomic mass is 16.1. The second-order valence-corrected chi connectivity index (χ2v) is 2.42. The predicted octanol–water partition coefficient (Wildman–Crippen LogP) is -0.245. The van der Waals surface area contributed by atoms with Gasteiger partial charge < -0.3 is 10.3 Å². The summed E-state index contributed by atoms with van der Waals surface area (Å²) in [6.45, 7) is 0. The van der Waals surface area contributed by atoms with Crippen LogP contribution in [0.1, 0.15) is 0 Å². The molecule has 0 spiro atoms. The first kappa shape index (κ1) is 7.66. The molecule has 0 aromatic carbocycles. The zero-order chi connectivity index (χ0) is 9.26. The average molecular weight is 177 g/mol. The van der Waals surface area contributed by atoms with Gasteiger partial charge in [-0.15, -0.1) is 0 Å². The van der Waals surface area contributed by atoms with Crippen LogP contribution in [0.2, 0.25) is 0 Å². The number of aromatic amines is 1. The summed E-state index contributed by atoms with van der Waals surface area (Å²) in [7, 11) is 1.73. The molecule has 0 atom stereocenters. The first-order valence-electron chi connectivity index (χ1n) is 3.69. The molecule has 6 nitrogen and oxygen atoms in total. The quantitative estimate of drug-likeness (QED) is 0.627. The zero-order valence-electron chi connectivity index (χ0n) is 6.90. The first-order chi connectivity index (χ1) is 6.31. The van der Waals surface area contributed by atoms with Gasteiger partial charge in [-0.1, -0.05) is 0 Å². The summed E-state index contributed by atoms with van der Waals surface area (Å²) in [4.78, 5) is 25.2. The number of H-pyrrole nitrogens is 1. The normalized spacial score (nSPS) is 10.2. The summed E-state index contributed by atoms with van der Waals surface area (Å²) >= 11 is 0. The molecule has 0 saturated heterocycles. The van der Waals surface area contributed by atoms with Gasteiger partial charge in [-0.2, -0.15) is 0 Å². The van der Waals surface area contributed by atoms with Crippen LogP contribution in [0.4, 0.5) is 5.82 Å². The number of fused-ring (bicyclic) bond motifs is 1. The molecular formula is C7H7N5O. The highest BCUT2D eigenvalue weighted by Gasteiger charge is 2.02. The SMILES string of the molecule is CNc1ncnc2[nH]c(=O)cnc12. The van der Waals surface area contributed by atoms with Gasteiger partial charge in [0.25, 0.3) is 5.56 Å². The number of anilines is 1. The Morgan fingerprint density at radius 3 is 3.00 bits per heavy atom. The maximum Gasteiger partial charge on any atom is 0.268 e. The van der Waals surface area contributed by atoms with E-state index < -0.39 is 0 Å². The van der Waals surface area contributed by atoms with Gasteiger partial charge >= 0.3 is 0 Å². The average Bonchev–Trinajstić information content (AvgIpc) is 2.16. The minimum absolute atomic E-state index is 0.270. The molecule has 0 unspecified atom stereocenters. The van der Waals surface area contributed by atoms with E-state index in [-0.39, 0.29) is 5.56 Å². The second kappa shape index (κ2) is 2.81. The van der Waals surface area contributed by atoms with E-state index in [2.05, 4.69) is 25.3 Å². The molecule has 2 heterocycles. The Balaban J connectivity index is 2.85. The van der Waals surface area contributed by atoms with E-state index in [1.54, 1.807) is 7.05 Å². The van der Waals surface area contributed by atoms with Crippen LogP contribution in [-0.2, 0) is 0 Å². The van der Waals surface area contributed by atoms with E-state index in [1.165, 1.54) is 12.5 Å². The fourth-order valence-electron chi connectivity index (χ4n) is 1.05. The number of hydrogen-bond acceptors (Lipinski definition) is 5. The van der Waals surface area contributed by atoms with Gasteiger partial charge in [-0.25, -0.2) is 15.0 Å². The van der Waals surface area contributed by atoms with E-state index in [0.717, 1.165) is 0 Å². The summed E-state index contributed by atoms with van der Waals surface area (Å²) in [6.07, 6.45) is 2.57. The monoisotopic (exact) mass is 177 g/mol. The Morgan fingerprint density at radius 1 is 1.38 bits per heavy atom. The largest absolute Gasteiger partial charge is 0.371 e. The molecule has 0 fully saturated rings. The van der Waals surface area contributed by atoms with Crippen molar-refractivity contribution in [1.82, 2.24) is 19.9 Å². The van der Waals surface area contributed by atoms with Crippen molar-refractivity contribution in [2.45, 2.75) is 0 Å². The molecule has 0 aliphatic heterocycles. The highest BCUT2D eigenvalue weighted by Crippen LogP contribution is 2.10. The lowest BCUT2D eigenvalue weighted by molar-refractivity contribution is 1.11. The summed E-state index contributed by atoms with van der Waals surface area (Å²) in [5.41, 5.74) is 0.727. The van der Waals surface area contributed by atoms with Gasteiger partial charge in [0.15, 0.2) is 11.5 Å². The van der Waals surface area contributed by atoms with Crippen LogP contribution >= 0.6 is 0 Å². The molecular weight excluding hydrogens is 170 g/mol. The van der Waals surface area contributed by atoms with E-state index in [9.17, 15) is 4.79 Å². The number of nitrogens with zero attached hydrogens (tertiary/aromatic N) is 3. The molecule has 0 aliphatic rings. The molecule has 2 N–H and O–H groups in total. The van der Waals surface area contributed by atoms with Crippen LogP contribution in [0, 0.1) is 0 Å². The minimum atomic E-state index is -0.270. The van der Waals surface area contributed by atoms with E-state index in [4.69, 9.17) is 0 Å². The van der Waals surface area contributed by atoms with E-state index in [0.29, 0.717) is 17.0 Å². The lowest BCUT2D eigenvalue weighted by atomic mass is 10.4. The summed E-state index contributed by atoms with van der Waals surface area (Å²) in [6, 6.07) is 0. The highest BCUT2D eigenvalue weighted by molar-refractivity contribution is 5.81. The van der Waals surface area contributed by atoms with Crippen LogP contribution in [0.5, 0.6) is 0 Å². The third kappa shape index (κ3) is 1.22. The van der Waals surface area contributed by atoms with Crippen molar-refractivity contribution >= 4 is 17.0 Å². The fourth-order valence-corrected chi connectivity index (χ4v) is 1.05. The molecule has 13 heavy (non-hydrogen) atoms. The van der Waals surface area contributed by atoms with Crippen LogP contribution in [0.15, 0.2) is 17.3 Å². The number of rotatable bonds is 1. The molecule has 6 heteroatoms. The maximum absolute atomic E-state index is 10.9. The number of nitrogens with one attached hydrogen (secondary N) is 2. The van der Waals surface area contributed by atoms with Gasteiger partial charge in [-0.3, -0.25) is 4.79 Å². The van der Waals surface area contributed by atoms with Crippen LogP contribution in [0.25, 0.3) is 11.2 Å². The molecule has 0 saturated carbocycles. The number of aromatic nitrogens is 4.